The highest BCUT2D eigenvalue weighted by Crippen LogP contribution is 2.49. The summed E-state index contributed by atoms with van der Waals surface area (Å²) in [6.45, 7) is 3.33. The van der Waals surface area contributed by atoms with Crippen molar-refractivity contribution in [2.24, 2.45) is 5.92 Å². The van der Waals surface area contributed by atoms with E-state index in [0.717, 1.165) is 22.9 Å². The molecule has 1 amide bonds. The largest absolute Gasteiger partial charge is 0.481 e. The average Bonchev–Trinajstić information content (AvgIpc) is 3.19. The third-order valence-electron chi connectivity index (χ3n) is 4.06. The smallest absolute Gasteiger partial charge is 0.308 e. The van der Waals surface area contributed by atoms with E-state index in [2.05, 4.69) is 21.2 Å². The molecule has 1 aromatic rings. The highest BCUT2D eigenvalue weighted by molar-refractivity contribution is 9.10. The quantitative estimate of drug-likeness (QED) is 0.866. The van der Waals surface area contributed by atoms with Crippen LogP contribution in [0.5, 0.6) is 0 Å². The van der Waals surface area contributed by atoms with Crippen LogP contribution in [0.3, 0.4) is 0 Å². The summed E-state index contributed by atoms with van der Waals surface area (Å²) < 4.78 is 0.945. The topological polar surface area (TPSA) is 66.4 Å². The van der Waals surface area contributed by atoms with Gasteiger partial charge in [0.25, 0.3) is 0 Å². The molecule has 0 aromatic heterocycles. The van der Waals surface area contributed by atoms with E-state index in [4.69, 9.17) is 5.11 Å². The Balaban J connectivity index is 2.11. The van der Waals surface area contributed by atoms with Crippen LogP contribution in [-0.4, -0.2) is 23.0 Å². The molecule has 1 aliphatic rings. The number of nitrogens with one attached hydrogen (secondary N) is 1. The summed E-state index contributed by atoms with van der Waals surface area (Å²) in [5.41, 5.74) is 0.510. The van der Waals surface area contributed by atoms with Gasteiger partial charge in [-0.1, -0.05) is 28.1 Å². The number of hydrogen-bond acceptors (Lipinski definition) is 2. The number of benzene rings is 1. The Hall–Kier alpha value is -1.36. The highest BCUT2D eigenvalue weighted by atomic mass is 79.9. The van der Waals surface area contributed by atoms with Crippen molar-refractivity contribution in [2.75, 3.05) is 0 Å². The molecule has 0 aliphatic heterocycles. The second-order valence-corrected chi connectivity index (χ2v) is 6.40. The fourth-order valence-corrected chi connectivity index (χ4v) is 2.64. The Morgan fingerprint density at radius 3 is 2.50 bits per heavy atom. The van der Waals surface area contributed by atoms with E-state index in [1.54, 1.807) is 13.8 Å². The van der Waals surface area contributed by atoms with Gasteiger partial charge in [0.05, 0.1) is 11.3 Å². The van der Waals surface area contributed by atoms with Crippen LogP contribution < -0.4 is 5.32 Å². The highest BCUT2D eigenvalue weighted by Gasteiger charge is 2.51. The first-order valence-electron chi connectivity index (χ1n) is 6.66. The lowest BCUT2D eigenvalue weighted by Gasteiger charge is -2.22. The lowest BCUT2D eigenvalue weighted by Crippen LogP contribution is -2.44. The minimum absolute atomic E-state index is 0.0730. The molecule has 1 saturated carbocycles. The molecule has 0 radical (unpaired) electrons. The monoisotopic (exact) mass is 339 g/mol. The van der Waals surface area contributed by atoms with E-state index >= 15 is 0 Å². The number of rotatable bonds is 5. The summed E-state index contributed by atoms with van der Waals surface area (Å²) in [5.74, 6) is -1.57. The molecule has 2 atom stereocenters. The lowest BCUT2D eigenvalue weighted by atomic mass is 9.94. The van der Waals surface area contributed by atoms with Gasteiger partial charge in [0, 0.05) is 10.5 Å². The normalized spacial score (nSPS) is 18.9. The van der Waals surface area contributed by atoms with Crippen molar-refractivity contribution < 1.29 is 14.7 Å². The molecule has 0 heterocycles. The molecular weight excluding hydrogens is 322 g/mol. The zero-order valence-corrected chi connectivity index (χ0v) is 13.1. The maximum absolute atomic E-state index is 12.5. The van der Waals surface area contributed by atoms with Crippen molar-refractivity contribution in [1.82, 2.24) is 5.32 Å². The van der Waals surface area contributed by atoms with Gasteiger partial charge in [0.1, 0.15) is 0 Å². The molecule has 108 valence electrons. The predicted molar refractivity (Wildman–Crippen MR) is 79.5 cm³/mol. The Labute approximate surface area is 126 Å². The van der Waals surface area contributed by atoms with Crippen molar-refractivity contribution in [3.05, 3.63) is 34.3 Å². The minimum atomic E-state index is -0.898. The molecule has 5 heteroatoms. The maximum atomic E-state index is 12.5. The van der Waals surface area contributed by atoms with Crippen LogP contribution in [0.4, 0.5) is 0 Å². The van der Waals surface area contributed by atoms with Crippen molar-refractivity contribution >= 4 is 27.8 Å². The Kier molecular flexibility index (Phi) is 4.18. The molecule has 4 nitrogen and oxygen atoms in total. The van der Waals surface area contributed by atoms with E-state index in [1.165, 1.54) is 0 Å². The summed E-state index contributed by atoms with van der Waals surface area (Å²) in [4.78, 5) is 23.4. The zero-order chi connectivity index (χ0) is 14.9. The minimum Gasteiger partial charge on any atom is -0.481 e. The molecule has 0 saturated heterocycles. The molecule has 0 spiro atoms. The van der Waals surface area contributed by atoms with E-state index in [1.807, 2.05) is 24.3 Å². The number of hydrogen-bond donors (Lipinski definition) is 2. The number of amides is 1. The predicted octanol–water partition coefficient (Wildman–Crippen LogP) is 2.71. The number of carboxylic acids is 1. The SMILES string of the molecule is CC(NC(=O)C1(c2cccc(Br)c2)CC1)C(C)C(=O)O. The van der Waals surface area contributed by atoms with Gasteiger partial charge in [-0.3, -0.25) is 9.59 Å². The van der Waals surface area contributed by atoms with Crippen molar-refractivity contribution in [2.45, 2.75) is 38.1 Å². The lowest BCUT2D eigenvalue weighted by molar-refractivity contribution is -0.142. The van der Waals surface area contributed by atoms with Crippen LogP contribution in [0.15, 0.2) is 28.7 Å². The number of carbonyl (C=O) groups is 2. The zero-order valence-electron chi connectivity index (χ0n) is 11.5. The van der Waals surface area contributed by atoms with Gasteiger partial charge in [-0.2, -0.15) is 0 Å². The van der Waals surface area contributed by atoms with Crippen molar-refractivity contribution in [3.8, 4) is 0 Å². The van der Waals surface area contributed by atoms with Gasteiger partial charge in [0.15, 0.2) is 0 Å². The third-order valence-corrected chi connectivity index (χ3v) is 4.55. The van der Waals surface area contributed by atoms with Gasteiger partial charge in [-0.15, -0.1) is 0 Å². The van der Waals surface area contributed by atoms with Gasteiger partial charge in [0.2, 0.25) is 5.91 Å². The van der Waals surface area contributed by atoms with Crippen LogP contribution in [0.2, 0.25) is 0 Å². The number of aliphatic carboxylic acids is 1. The standard InChI is InChI=1S/C15H18BrNO3/c1-9(13(18)19)10(2)17-14(20)15(6-7-15)11-4-3-5-12(16)8-11/h3-5,8-10H,6-7H2,1-2H3,(H,17,20)(H,18,19). The first-order chi connectivity index (χ1) is 9.36. The summed E-state index contributed by atoms with van der Waals surface area (Å²) >= 11 is 3.42. The van der Waals surface area contributed by atoms with Crippen molar-refractivity contribution in [1.29, 1.82) is 0 Å². The molecule has 1 aliphatic carbocycles. The second-order valence-electron chi connectivity index (χ2n) is 5.48. The Bertz CT molecular complexity index is 540. The first kappa shape index (κ1) is 15.0. The summed E-state index contributed by atoms with van der Waals surface area (Å²) in [6, 6.07) is 7.35. The number of carboxylic acid groups (broad SMARTS) is 1. The maximum Gasteiger partial charge on any atom is 0.308 e. The molecular formula is C15H18BrNO3. The fraction of sp³-hybridized carbons (Fsp3) is 0.467. The fourth-order valence-electron chi connectivity index (χ4n) is 2.24. The van der Waals surface area contributed by atoms with Gasteiger partial charge in [-0.05, 0) is 44.4 Å². The Morgan fingerprint density at radius 1 is 1.35 bits per heavy atom. The summed E-state index contributed by atoms with van der Waals surface area (Å²) in [7, 11) is 0. The number of halogens is 1. The first-order valence-corrected chi connectivity index (χ1v) is 7.46. The van der Waals surface area contributed by atoms with Crippen molar-refractivity contribution in [3.63, 3.8) is 0 Å². The molecule has 2 unspecified atom stereocenters. The molecule has 20 heavy (non-hydrogen) atoms. The van der Waals surface area contributed by atoms with Crippen LogP contribution in [0, 0.1) is 5.92 Å². The van der Waals surface area contributed by atoms with E-state index < -0.39 is 17.3 Å². The molecule has 1 fully saturated rings. The van der Waals surface area contributed by atoms with Gasteiger partial charge >= 0.3 is 5.97 Å². The van der Waals surface area contributed by atoms with E-state index in [0.29, 0.717) is 0 Å². The number of carbonyl (C=O) groups excluding carboxylic acids is 1. The van der Waals surface area contributed by atoms with Gasteiger partial charge < -0.3 is 10.4 Å². The van der Waals surface area contributed by atoms with Crippen LogP contribution in [-0.2, 0) is 15.0 Å². The van der Waals surface area contributed by atoms with Gasteiger partial charge in [-0.25, -0.2) is 0 Å². The Morgan fingerprint density at radius 2 is 2.00 bits per heavy atom. The summed E-state index contributed by atoms with van der Waals surface area (Å²) in [5, 5.41) is 11.8. The van der Waals surface area contributed by atoms with Crippen LogP contribution in [0.25, 0.3) is 0 Å². The van der Waals surface area contributed by atoms with E-state index in [9.17, 15) is 9.59 Å². The second kappa shape index (κ2) is 5.56. The molecule has 1 aromatic carbocycles. The molecule has 0 bridgehead atoms. The van der Waals surface area contributed by atoms with E-state index in [-0.39, 0.29) is 11.9 Å². The molecule has 2 N–H and O–H groups in total. The van der Waals surface area contributed by atoms with Crippen LogP contribution in [0.1, 0.15) is 32.3 Å². The molecule has 2 rings (SSSR count). The third kappa shape index (κ3) is 2.87. The van der Waals surface area contributed by atoms with Crippen LogP contribution >= 0.6 is 15.9 Å². The average molecular weight is 340 g/mol. The summed E-state index contributed by atoms with van der Waals surface area (Å²) in [6.07, 6.45) is 1.62.